The van der Waals surface area contributed by atoms with E-state index < -0.39 is 0 Å². The summed E-state index contributed by atoms with van der Waals surface area (Å²) in [5, 5.41) is 2.32. The Morgan fingerprint density at radius 3 is 2.58 bits per heavy atom. The third-order valence-corrected chi connectivity index (χ3v) is 5.92. The monoisotopic (exact) mass is 403 g/mol. The number of aliphatic imine (C=N–C) groups is 1. The number of hydrogen-bond donors (Lipinski definition) is 0. The first kappa shape index (κ1) is 17.9. The molecule has 1 aliphatic rings. The summed E-state index contributed by atoms with van der Waals surface area (Å²) in [5.74, 6) is 0.684. The normalized spacial score (nSPS) is 15.9. The Balaban J connectivity index is 1.60. The van der Waals surface area contributed by atoms with Crippen LogP contribution >= 0.6 is 0 Å². The predicted octanol–water partition coefficient (Wildman–Crippen LogP) is 4.93. The Labute approximate surface area is 180 Å². The van der Waals surface area contributed by atoms with Crippen molar-refractivity contribution in [2.24, 2.45) is 12.0 Å². The number of nitrogens with zero attached hydrogens (tertiary/aromatic N) is 3. The summed E-state index contributed by atoms with van der Waals surface area (Å²) >= 11 is 0. The van der Waals surface area contributed by atoms with E-state index in [4.69, 9.17) is 9.73 Å². The molecule has 150 valence electrons. The van der Waals surface area contributed by atoms with E-state index in [-0.39, 0.29) is 6.04 Å². The molecular weight excluding hydrogens is 382 g/mol. The van der Waals surface area contributed by atoms with Gasteiger partial charge in [0.05, 0.1) is 23.8 Å². The maximum atomic E-state index is 6.15. The molecule has 0 spiro atoms. The summed E-state index contributed by atoms with van der Waals surface area (Å²) in [6, 6.07) is 31.4. The van der Waals surface area contributed by atoms with Crippen molar-refractivity contribution in [3.05, 3.63) is 108 Å². The first-order valence-corrected chi connectivity index (χ1v) is 10.5. The summed E-state index contributed by atoms with van der Waals surface area (Å²) in [4.78, 5) is 4.97. The second-order valence-electron chi connectivity index (χ2n) is 7.84. The molecule has 0 radical (unpaired) electrons. The zero-order valence-electron chi connectivity index (χ0n) is 17.2. The molecule has 4 heteroatoms. The van der Waals surface area contributed by atoms with Crippen LogP contribution in [0.4, 0.5) is 0 Å². The number of benzene rings is 4. The SMILES string of the molecule is C[n+]1[c-]n(-c2c(C3=N[C@@H](c4ccccc4)CO3)ccc3ccccc23)c2ccccc21. The van der Waals surface area contributed by atoms with E-state index >= 15 is 0 Å². The third kappa shape index (κ3) is 2.91. The standard InChI is InChI=1S/C27H21N3O/c1-29-18-30(25-14-8-7-13-24(25)29)26-21-12-6-5-9-19(21)15-16-22(26)27-28-23(17-31-27)20-10-3-2-4-11-20/h2-16,23H,17H2,1H3/t23-/m1/s1. The molecule has 0 aliphatic carbocycles. The van der Waals surface area contributed by atoms with Gasteiger partial charge >= 0.3 is 0 Å². The molecule has 4 aromatic carbocycles. The molecule has 1 aromatic heterocycles. The minimum Gasteiger partial charge on any atom is -0.475 e. The average Bonchev–Trinajstić information content (AvgIpc) is 3.44. The fraction of sp³-hybridized carbons (Fsp3) is 0.111. The van der Waals surface area contributed by atoms with Gasteiger partial charge in [0.2, 0.25) is 12.2 Å². The summed E-state index contributed by atoms with van der Waals surface area (Å²) in [6.45, 7) is 0.551. The Hall–Kier alpha value is -3.92. The van der Waals surface area contributed by atoms with Gasteiger partial charge in [-0.3, -0.25) is 0 Å². The lowest BCUT2D eigenvalue weighted by atomic mass is 10.0. The maximum absolute atomic E-state index is 6.15. The van der Waals surface area contributed by atoms with Gasteiger partial charge in [0.25, 0.3) is 0 Å². The predicted molar refractivity (Wildman–Crippen MR) is 122 cm³/mol. The first-order chi connectivity index (χ1) is 15.3. The van der Waals surface area contributed by atoms with Crippen LogP contribution in [0.25, 0.3) is 27.5 Å². The lowest BCUT2D eigenvalue weighted by Crippen LogP contribution is -2.26. The third-order valence-electron chi connectivity index (χ3n) is 5.92. The minimum atomic E-state index is 0.0111. The Bertz CT molecular complexity index is 1450. The molecule has 0 bridgehead atoms. The summed E-state index contributed by atoms with van der Waals surface area (Å²) in [5.41, 5.74) is 5.42. The fourth-order valence-corrected chi connectivity index (χ4v) is 4.40. The number of hydrogen-bond acceptors (Lipinski definition) is 2. The molecule has 0 unspecified atom stereocenters. The van der Waals surface area contributed by atoms with Crippen molar-refractivity contribution in [2.75, 3.05) is 6.61 Å². The van der Waals surface area contributed by atoms with Crippen LogP contribution in [0.5, 0.6) is 0 Å². The van der Waals surface area contributed by atoms with Crippen LogP contribution in [0.1, 0.15) is 17.2 Å². The zero-order chi connectivity index (χ0) is 20.8. The van der Waals surface area contributed by atoms with Crippen molar-refractivity contribution >= 4 is 27.7 Å². The van der Waals surface area contributed by atoms with Gasteiger partial charge in [0.15, 0.2) is 0 Å². The highest BCUT2D eigenvalue weighted by molar-refractivity contribution is 6.06. The van der Waals surface area contributed by atoms with Crippen molar-refractivity contribution in [3.63, 3.8) is 0 Å². The lowest BCUT2D eigenvalue weighted by Gasteiger charge is -2.15. The van der Waals surface area contributed by atoms with Crippen LogP contribution in [0, 0.1) is 6.33 Å². The van der Waals surface area contributed by atoms with Gasteiger partial charge in [0.1, 0.15) is 12.6 Å². The van der Waals surface area contributed by atoms with Crippen molar-refractivity contribution in [3.8, 4) is 5.69 Å². The topological polar surface area (TPSA) is 30.4 Å². The van der Waals surface area contributed by atoms with Crippen LogP contribution < -0.4 is 4.57 Å². The number of aryl methyl sites for hydroxylation is 1. The number of rotatable bonds is 3. The number of aromatic nitrogens is 2. The zero-order valence-corrected chi connectivity index (χ0v) is 17.2. The van der Waals surface area contributed by atoms with Gasteiger partial charge in [-0.15, -0.1) is 0 Å². The molecule has 5 aromatic rings. The van der Waals surface area contributed by atoms with Gasteiger partial charge in [-0.25, -0.2) is 4.99 Å². The van der Waals surface area contributed by atoms with E-state index in [9.17, 15) is 0 Å². The highest BCUT2D eigenvalue weighted by atomic mass is 16.5. The van der Waals surface area contributed by atoms with Crippen LogP contribution in [0.3, 0.4) is 0 Å². The molecule has 31 heavy (non-hydrogen) atoms. The van der Waals surface area contributed by atoms with Crippen LogP contribution in [0.15, 0.2) is 96.0 Å². The van der Waals surface area contributed by atoms with Gasteiger partial charge in [0, 0.05) is 5.56 Å². The Morgan fingerprint density at radius 1 is 0.903 bits per heavy atom. The van der Waals surface area contributed by atoms with Gasteiger partial charge < -0.3 is 13.9 Å². The molecule has 0 fully saturated rings. The number of imidazole rings is 1. The number of para-hydroxylation sites is 2. The molecule has 1 aliphatic heterocycles. The van der Waals surface area contributed by atoms with Crippen molar-refractivity contribution in [1.82, 2.24) is 4.57 Å². The Kier molecular flexibility index (Phi) is 4.10. The quantitative estimate of drug-likeness (QED) is 0.310. The molecule has 0 N–H and O–H groups in total. The Morgan fingerprint density at radius 2 is 1.68 bits per heavy atom. The first-order valence-electron chi connectivity index (χ1n) is 10.5. The van der Waals surface area contributed by atoms with Gasteiger partial charge in [-0.1, -0.05) is 91.0 Å². The van der Waals surface area contributed by atoms with E-state index in [1.165, 1.54) is 10.9 Å². The summed E-state index contributed by atoms with van der Waals surface area (Å²) < 4.78 is 10.3. The lowest BCUT2D eigenvalue weighted by molar-refractivity contribution is -0.649. The van der Waals surface area contributed by atoms with Gasteiger partial charge in [-0.2, -0.15) is 0 Å². The molecule has 2 heterocycles. The fourth-order valence-electron chi connectivity index (χ4n) is 4.40. The molecule has 0 amide bonds. The van der Waals surface area contributed by atoms with E-state index in [1.54, 1.807) is 0 Å². The van der Waals surface area contributed by atoms with E-state index in [0.29, 0.717) is 12.5 Å². The van der Waals surface area contributed by atoms with Crippen LogP contribution in [-0.2, 0) is 11.8 Å². The van der Waals surface area contributed by atoms with E-state index in [2.05, 4.69) is 83.7 Å². The highest BCUT2D eigenvalue weighted by Gasteiger charge is 2.25. The van der Waals surface area contributed by atoms with Crippen molar-refractivity contribution in [2.45, 2.75) is 6.04 Å². The average molecular weight is 403 g/mol. The molecule has 1 atom stereocenters. The maximum Gasteiger partial charge on any atom is 0.244 e. The molecule has 0 saturated carbocycles. The summed E-state index contributed by atoms with van der Waals surface area (Å²) in [7, 11) is 2.03. The van der Waals surface area contributed by atoms with Gasteiger partial charge in [-0.05, 0) is 16.3 Å². The second-order valence-corrected chi connectivity index (χ2v) is 7.84. The van der Waals surface area contributed by atoms with Crippen molar-refractivity contribution in [1.29, 1.82) is 0 Å². The van der Waals surface area contributed by atoms with Crippen molar-refractivity contribution < 1.29 is 9.30 Å². The number of fused-ring (bicyclic) bond motifs is 2. The highest BCUT2D eigenvalue weighted by Crippen LogP contribution is 2.32. The summed E-state index contributed by atoms with van der Waals surface area (Å²) in [6.07, 6.45) is 3.49. The van der Waals surface area contributed by atoms with Crippen LogP contribution in [-0.4, -0.2) is 17.1 Å². The molecular formula is C27H21N3O. The van der Waals surface area contributed by atoms with E-state index in [1.807, 2.05) is 29.8 Å². The molecule has 4 nitrogen and oxygen atoms in total. The number of ether oxygens (including phenoxy) is 1. The molecule has 0 saturated heterocycles. The minimum absolute atomic E-state index is 0.0111. The van der Waals surface area contributed by atoms with E-state index in [0.717, 1.165) is 27.7 Å². The largest absolute Gasteiger partial charge is 0.475 e. The second kappa shape index (κ2) is 7.10. The molecule has 6 rings (SSSR count). The van der Waals surface area contributed by atoms with Crippen LogP contribution in [0.2, 0.25) is 0 Å². The smallest absolute Gasteiger partial charge is 0.244 e.